The highest BCUT2D eigenvalue weighted by molar-refractivity contribution is 9.10. The second-order valence-electron chi connectivity index (χ2n) is 6.72. The Labute approximate surface area is 174 Å². The van der Waals surface area contributed by atoms with Crippen molar-refractivity contribution in [2.75, 3.05) is 18.9 Å². The topological polar surface area (TPSA) is 97.4 Å². The molecule has 0 unspecified atom stereocenters. The summed E-state index contributed by atoms with van der Waals surface area (Å²) in [4.78, 5) is 30.8. The molecule has 3 aromatic heterocycles. The van der Waals surface area contributed by atoms with Crippen LogP contribution in [0.5, 0.6) is 0 Å². The van der Waals surface area contributed by atoms with E-state index in [1.54, 1.807) is 25.4 Å². The summed E-state index contributed by atoms with van der Waals surface area (Å²) in [5.41, 5.74) is 0.615. The van der Waals surface area contributed by atoms with Crippen LogP contribution in [0.2, 0.25) is 0 Å². The number of hydrogen-bond donors (Lipinski definition) is 1. The monoisotopic (exact) mass is 455 g/mol. The predicted octanol–water partition coefficient (Wildman–Crippen LogP) is 1.81. The minimum absolute atomic E-state index is 0.123. The van der Waals surface area contributed by atoms with Crippen LogP contribution < -0.4 is 10.9 Å². The highest BCUT2D eigenvalue weighted by Crippen LogP contribution is 2.15. The molecular formula is C19H18BrN7O2. The summed E-state index contributed by atoms with van der Waals surface area (Å²) in [6.45, 7) is 0.529. The summed E-state index contributed by atoms with van der Waals surface area (Å²) in [6.07, 6.45) is 1.62. The first-order valence-electron chi connectivity index (χ1n) is 8.85. The number of halogens is 1. The maximum Gasteiger partial charge on any atom is 0.262 e. The van der Waals surface area contributed by atoms with E-state index in [1.807, 2.05) is 40.6 Å². The molecule has 0 radical (unpaired) electrons. The third kappa shape index (κ3) is 3.76. The van der Waals surface area contributed by atoms with Gasteiger partial charge >= 0.3 is 0 Å². The van der Waals surface area contributed by atoms with Crippen LogP contribution in [0, 0.1) is 0 Å². The summed E-state index contributed by atoms with van der Waals surface area (Å²) in [7, 11) is 3.49. The van der Waals surface area contributed by atoms with Gasteiger partial charge in [0, 0.05) is 17.7 Å². The second kappa shape index (κ2) is 7.72. The number of carbonyl (C=O) groups is 1. The summed E-state index contributed by atoms with van der Waals surface area (Å²) in [6, 6.07) is 10.9. The van der Waals surface area contributed by atoms with Crippen molar-refractivity contribution >= 4 is 44.3 Å². The SMILES string of the molecule is CN(CC(=O)Nc1ccc(Br)cn1)Cc1nnc2n(C)c(=O)c3ccccc3n12. The largest absolute Gasteiger partial charge is 0.310 e. The van der Waals surface area contributed by atoms with Crippen molar-refractivity contribution in [3.8, 4) is 0 Å². The number of nitrogens with zero attached hydrogens (tertiary/aromatic N) is 6. The number of fused-ring (bicyclic) bond motifs is 3. The molecule has 0 bridgehead atoms. The second-order valence-corrected chi connectivity index (χ2v) is 7.63. The number of pyridine rings is 1. The Hall–Kier alpha value is -3.11. The Morgan fingerprint density at radius 3 is 2.76 bits per heavy atom. The van der Waals surface area contributed by atoms with Crippen molar-refractivity contribution in [3.05, 3.63) is 63.2 Å². The lowest BCUT2D eigenvalue weighted by atomic mass is 10.2. The lowest BCUT2D eigenvalue weighted by Crippen LogP contribution is -2.31. The molecule has 4 rings (SSSR count). The molecule has 3 heterocycles. The van der Waals surface area contributed by atoms with Crippen molar-refractivity contribution in [2.45, 2.75) is 6.54 Å². The molecule has 0 aliphatic heterocycles. The van der Waals surface area contributed by atoms with Gasteiger partial charge in [-0.1, -0.05) is 12.1 Å². The van der Waals surface area contributed by atoms with Gasteiger partial charge in [0.15, 0.2) is 5.82 Å². The van der Waals surface area contributed by atoms with Gasteiger partial charge < -0.3 is 5.32 Å². The number of hydrogen-bond acceptors (Lipinski definition) is 6. The molecule has 1 N–H and O–H groups in total. The normalized spacial score (nSPS) is 11.4. The first kappa shape index (κ1) is 19.2. The first-order chi connectivity index (χ1) is 13.9. The number of amides is 1. The molecule has 1 amide bonds. The first-order valence-corrected chi connectivity index (χ1v) is 9.65. The zero-order valence-corrected chi connectivity index (χ0v) is 17.4. The molecular weight excluding hydrogens is 438 g/mol. The molecule has 29 heavy (non-hydrogen) atoms. The maximum atomic E-state index is 12.5. The van der Waals surface area contributed by atoms with E-state index in [9.17, 15) is 9.59 Å². The van der Waals surface area contributed by atoms with Gasteiger partial charge in [-0.15, -0.1) is 10.2 Å². The Kier molecular flexibility index (Phi) is 5.12. The van der Waals surface area contributed by atoms with Crippen molar-refractivity contribution in [2.24, 2.45) is 7.05 Å². The van der Waals surface area contributed by atoms with E-state index in [1.165, 1.54) is 4.57 Å². The fourth-order valence-electron chi connectivity index (χ4n) is 3.17. The molecule has 0 saturated carbocycles. The van der Waals surface area contributed by atoms with E-state index < -0.39 is 0 Å². The highest BCUT2D eigenvalue weighted by Gasteiger charge is 2.16. The molecule has 1 aromatic carbocycles. The Bertz CT molecular complexity index is 1260. The van der Waals surface area contributed by atoms with E-state index in [-0.39, 0.29) is 18.0 Å². The molecule has 148 valence electrons. The number of rotatable bonds is 5. The smallest absolute Gasteiger partial charge is 0.262 e. The number of anilines is 1. The summed E-state index contributed by atoms with van der Waals surface area (Å²) in [5, 5.41) is 11.8. The third-order valence-electron chi connectivity index (χ3n) is 4.51. The van der Waals surface area contributed by atoms with Gasteiger partial charge in [0.25, 0.3) is 5.56 Å². The summed E-state index contributed by atoms with van der Waals surface area (Å²) >= 11 is 3.31. The molecule has 9 nitrogen and oxygen atoms in total. The van der Waals surface area contributed by atoms with Crippen LogP contribution in [0.15, 0.2) is 51.9 Å². The molecule has 10 heteroatoms. The molecule has 4 aromatic rings. The van der Waals surface area contributed by atoms with E-state index in [0.29, 0.717) is 29.4 Å². The highest BCUT2D eigenvalue weighted by atomic mass is 79.9. The molecule has 0 spiro atoms. The van der Waals surface area contributed by atoms with Gasteiger partial charge in [0.05, 0.1) is 24.0 Å². The molecule has 0 fully saturated rings. The average molecular weight is 456 g/mol. The van der Waals surface area contributed by atoms with Crippen molar-refractivity contribution in [3.63, 3.8) is 0 Å². The van der Waals surface area contributed by atoms with Gasteiger partial charge in [-0.25, -0.2) is 4.98 Å². The Balaban J connectivity index is 1.57. The third-order valence-corrected chi connectivity index (χ3v) is 4.98. The van der Waals surface area contributed by atoms with E-state index >= 15 is 0 Å². The van der Waals surface area contributed by atoms with Crippen molar-refractivity contribution in [1.82, 2.24) is 29.0 Å². The molecule has 0 atom stereocenters. The quantitative estimate of drug-likeness (QED) is 0.492. The number of aryl methyl sites for hydroxylation is 1. The van der Waals surface area contributed by atoms with E-state index in [2.05, 4.69) is 36.4 Å². The van der Waals surface area contributed by atoms with E-state index in [4.69, 9.17) is 0 Å². The Morgan fingerprint density at radius 2 is 2.00 bits per heavy atom. The maximum absolute atomic E-state index is 12.5. The van der Waals surface area contributed by atoms with Crippen LogP contribution in [0.3, 0.4) is 0 Å². The standard InChI is InChI=1S/C19H18BrN7O2/c1-25(11-17(28)22-15-8-7-12(20)9-21-15)10-16-23-24-19-26(2)18(29)13-5-3-4-6-14(13)27(16)19/h3-9H,10-11H2,1-2H3,(H,21,22,28). The Morgan fingerprint density at radius 1 is 1.21 bits per heavy atom. The number of benzene rings is 1. The lowest BCUT2D eigenvalue weighted by molar-refractivity contribution is -0.117. The zero-order chi connectivity index (χ0) is 20.5. The lowest BCUT2D eigenvalue weighted by Gasteiger charge is -2.15. The minimum atomic E-state index is -0.187. The van der Waals surface area contributed by atoms with Gasteiger partial charge in [0.2, 0.25) is 11.7 Å². The van der Waals surface area contributed by atoms with Crippen LogP contribution in [-0.4, -0.2) is 48.5 Å². The van der Waals surface area contributed by atoms with Gasteiger partial charge in [-0.05, 0) is 47.2 Å². The van der Waals surface area contributed by atoms with Crippen LogP contribution in [0.1, 0.15) is 5.82 Å². The minimum Gasteiger partial charge on any atom is -0.310 e. The number of para-hydroxylation sites is 1. The summed E-state index contributed by atoms with van der Waals surface area (Å²) < 4.78 is 4.17. The van der Waals surface area contributed by atoms with Crippen LogP contribution in [0.4, 0.5) is 5.82 Å². The number of carbonyl (C=O) groups excluding carboxylic acids is 1. The molecule has 0 saturated heterocycles. The molecule has 0 aliphatic rings. The van der Waals surface area contributed by atoms with Crippen LogP contribution >= 0.6 is 15.9 Å². The summed E-state index contributed by atoms with van der Waals surface area (Å²) in [5.74, 6) is 1.40. The van der Waals surface area contributed by atoms with Crippen LogP contribution in [-0.2, 0) is 18.4 Å². The zero-order valence-electron chi connectivity index (χ0n) is 15.8. The van der Waals surface area contributed by atoms with Crippen LogP contribution in [0.25, 0.3) is 16.7 Å². The predicted molar refractivity (Wildman–Crippen MR) is 113 cm³/mol. The fourth-order valence-corrected chi connectivity index (χ4v) is 3.40. The van der Waals surface area contributed by atoms with Gasteiger partial charge in [-0.3, -0.25) is 23.5 Å². The number of nitrogens with one attached hydrogen (secondary N) is 1. The van der Waals surface area contributed by atoms with Gasteiger partial charge in [0.1, 0.15) is 5.82 Å². The van der Waals surface area contributed by atoms with Gasteiger partial charge in [-0.2, -0.15) is 0 Å². The average Bonchev–Trinajstić information content (AvgIpc) is 3.11. The van der Waals surface area contributed by atoms with Crippen molar-refractivity contribution < 1.29 is 4.79 Å². The molecule has 0 aliphatic carbocycles. The van der Waals surface area contributed by atoms with Crippen molar-refractivity contribution in [1.29, 1.82) is 0 Å². The number of aromatic nitrogens is 5. The van der Waals surface area contributed by atoms with E-state index in [0.717, 1.165) is 9.99 Å². The number of likely N-dealkylation sites (N-methyl/N-ethyl adjacent to an activating group) is 1. The fraction of sp³-hybridized carbons (Fsp3) is 0.211.